The second-order valence-corrected chi connectivity index (χ2v) is 7.83. The van der Waals surface area contributed by atoms with Gasteiger partial charge in [-0.25, -0.2) is 4.79 Å². The third kappa shape index (κ3) is 4.72. The Morgan fingerprint density at radius 2 is 1.58 bits per heavy atom. The van der Waals surface area contributed by atoms with E-state index in [1.807, 2.05) is 78.9 Å². The highest BCUT2D eigenvalue weighted by molar-refractivity contribution is 6.06. The van der Waals surface area contributed by atoms with Crippen LogP contribution in [0.5, 0.6) is 0 Å². The van der Waals surface area contributed by atoms with Gasteiger partial charge in [-0.15, -0.1) is 0 Å². The van der Waals surface area contributed by atoms with Crippen molar-refractivity contribution in [3.63, 3.8) is 0 Å². The van der Waals surface area contributed by atoms with Crippen molar-refractivity contribution in [1.29, 1.82) is 0 Å². The van der Waals surface area contributed by atoms with Crippen LogP contribution in [0.3, 0.4) is 0 Å². The molecule has 0 saturated heterocycles. The van der Waals surface area contributed by atoms with Crippen molar-refractivity contribution in [1.82, 2.24) is 10.6 Å². The molecule has 0 spiro atoms. The second kappa shape index (κ2) is 9.56. The molecule has 168 valence electrons. The fraction of sp³-hybridized carbons (Fsp3) is 0.192. The summed E-state index contributed by atoms with van der Waals surface area (Å²) < 4.78 is 5.23. The molecule has 7 heteroatoms. The van der Waals surface area contributed by atoms with Crippen LogP contribution in [-0.4, -0.2) is 31.1 Å². The fourth-order valence-corrected chi connectivity index (χ4v) is 3.86. The number of fused-ring (bicyclic) bond motifs is 3. The van der Waals surface area contributed by atoms with Crippen LogP contribution < -0.4 is 15.5 Å². The van der Waals surface area contributed by atoms with E-state index in [4.69, 9.17) is 4.74 Å². The van der Waals surface area contributed by atoms with Crippen LogP contribution in [0.25, 0.3) is 11.1 Å². The molecular formula is C26H25N3O4. The number of hydrogen-bond acceptors (Lipinski definition) is 4. The second-order valence-electron chi connectivity index (χ2n) is 7.83. The number of rotatable bonds is 5. The summed E-state index contributed by atoms with van der Waals surface area (Å²) in [7, 11) is 1.68. The Morgan fingerprint density at radius 1 is 0.939 bits per heavy atom. The van der Waals surface area contributed by atoms with E-state index in [0.717, 1.165) is 22.4 Å². The minimum atomic E-state index is -1.09. The number of benzene rings is 3. The van der Waals surface area contributed by atoms with Crippen molar-refractivity contribution < 1.29 is 19.1 Å². The molecule has 33 heavy (non-hydrogen) atoms. The lowest BCUT2D eigenvalue weighted by Gasteiger charge is -2.24. The van der Waals surface area contributed by atoms with Gasteiger partial charge in [0.05, 0.1) is 5.69 Å². The van der Waals surface area contributed by atoms with E-state index in [0.29, 0.717) is 5.56 Å². The van der Waals surface area contributed by atoms with Gasteiger partial charge in [0.2, 0.25) is 0 Å². The SMILES string of the molecule is CC(OC(=O)NCc1ccccc1)C(=O)N[C@@H]1C(=O)N(C)c2ccccc2-c2ccccc21. The van der Waals surface area contributed by atoms with Gasteiger partial charge in [0.25, 0.3) is 11.8 Å². The van der Waals surface area contributed by atoms with Crippen LogP contribution in [0.1, 0.15) is 24.1 Å². The Labute approximate surface area is 192 Å². The Hall–Kier alpha value is -4.13. The molecule has 3 aromatic rings. The average Bonchev–Trinajstić information content (AvgIpc) is 2.93. The highest BCUT2D eigenvalue weighted by Gasteiger charge is 2.34. The first-order valence-electron chi connectivity index (χ1n) is 10.7. The van der Waals surface area contributed by atoms with Gasteiger partial charge in [0.15, 0.2) is 6.10 Å². The summed E-state index contributed by atoms with van der Waals surface area (Å²) in [4.78, 5) is 39.9. The largest absolute Gasteiger partial charge is 0.436 e. The maximum Gasteiger partial charge on any atom is 0.408 e. The number of carbonyl (C=O) groups excluding carboxylic acids is 3. The molecule has 0 aromatic heterocycles. The third-order valence-corrected chi connectivity index (χ3v) is 5.62. The monoisotopic (exact) mass is 443 g/mol. The number of amides is 3. The zero-order chi connectivity index (χ0) is 23.4. The molecule has 4 rings (SSSR count). The van der Waals surface area contributed by atoms with Crippen LogP contribution in [0.4, 0.5) is 10.5 Å². The van der Waals surface area contributed by atoms with E-state index in [1.165, 1.54) is 6.92 Å². The van der Waals surface area contributed by atoms with Crippen molar-refractivity contribution in [3.8, 4) is 11.1 Å². The van der Waals surface area contributed by atoms with Crippen molar-refractivity contribution in [2.24, 2.45) is 0 Å². The first-order valence-corrected chi connectivity index (χ1v) is 10.7. The minimum Gasteiger partial charge on any atom is -0.436 e. The van der Waals surface area contributed by atoms with Gasteiger partial charge in [-0.05, 0) is 29.7 Å². The van der Waals surface area contributed by atoms with Crippen LogP contribution in [0.15, 0.2) is 78.9 Å². The molecule has 1 heterocycles. The van der Waals surface area contributed by atoms with Gasteiger partial charge in [-0.1, -0.05) is 72.8 Å². The fourth-order valence-electron chi connectivity index (χ4n) is 3.86. The highest BCUT2D eigenvalue weighted by Crippen LogP contribution is 2.39. The lowest BCUT2D eigenvalue weighted by atomic mass is 9.95. The van der Waals surface area contributed by atoms with Gasteiger partial charge in [-0.3, -0.25) is 9.59 Å². The van der Waals surface area contributed by atoms with Crippen LogP contribution in [-0.2, 0) is 20.9 Å². The van der Waals surface area contributed by atoms with E-state index in [-0.39, 0.29) is 12.5 Å². The molecule has 0 aliphatic carbocycles. The molecule has 7 nitrogen and oxygen atoms in total. The normalized spacial score (nSPS) is 15.5. The highest BCUT2D eigenvalue weighted by atomic mass is 16.6. The smallest absolute Gasteiger partial charge is 0.408 e. The Bertz CT molecular complexity index is 1180. The van der Waals surface area contributed by atoms with Gasteiger partial charge >= 0.3 is 6.09 Å². The molecule has 2 N–H and O–H groups in total. The molecule has 0 radical (unpaired) electrons. The Balaban J connectivity index is 1.48. The lowest BCUT2D eigenvalue weighted by Crippen LogP contribution is -2.45. The molecule has 1 unspecified atom stereocenters. The summed E-state index contributed by atoms with van der Waals surface area (Å²) in [5, 5.41) is 5.40. The standard InChI is InChI=1S/C26H25N3O4/c1-17(33-26(32)27-16-18-10-4-3-5-11-18)24(30)28-23-21-14-7-6-12-19(21)20-13-8-9-15-22(20)29(2)25(23)31/h3-15,17,23H,16H2,1-2H3,(H,27,32)(H,28,30)/t17?,23-/m0/s1. The maximum absolute atomic E-state index is 13.3. The quantitative estimate of drug-likeness (QED) is 0.628. The molecule has 1 aliphatic heterocycles. The number of hydrogen-bond donors (Lipinski definition) is 2. The average molecular weight is 444 g/mol. The number of ether oxygens (including phenoxy) is 1. The molecule has 2 atom stereocenters. The molecule has 0 saturated carbocycles. The number of nitrogens with one attached hydrogen (secondary N) is 2. The van der Waals surface area contributed by atoms with E-state index in [2.05, 4.69) is 10.6 Å². The van der Waals surface area contributed by atoms with Gasteiger partial charge in [0.1, 0.15) is 6.04 Å². The molecular weight excluding hydrogens is 418 g/mol. The zero-order valence-corrected chi connectivity index (χ0v) is 18.4. The first kappa shape index (κ1) is 22.1. The first-order chi connectivity index (χ1) is 16.0. The van der Waals surface area contributed by atoms with Gasteiger partial charge in [-0.2, -0.15) is 0 Å². The van der Waals surface area contributed by atoms with E-state index >= 15 is 0 Å². The van der Waals surface area contributed by atoms with Gasteiger partial charge in [0, 0.05) is 19.2 Å². The Morgan fingerprint density at radius 3 is 2.33 bits per heavy atom. The number of nitrogens with zero attached hydrogens (tertiary/aromatic N) is 1. The third-order valence-electron chi connectivity index (χ3n) is 5.62. The Kier molecular flexibility index (Phi) is 6.40. The topological polar surface area (TPSA) is 87.7 Å². The van der Waals surface area contributed by atoms with Crippen molar-refractivity contribution in [2.75, 3.05) is 11.9 Å². The summed E-state index contributed by atoms with van der Waals surface area (Å²) in [5.74, 6) is -0.834. The number of para-hydroxylation sites is 1. The zero-order valence-electron chi connectivity index (χ0n) is 18.4. The number of alkyl carbamates (subject to hydrolysis) is 1. The van der Waals surface area contributed by atoms with Gasteiger partial charge < -0.3 is 20.3 Å². The van der Waals surface area contributed by atoms with E-state index in [1.54, 1.807) is 11.9 Å². The molecule has 1 aliphatic rings. The van der Waals surface area contributed by atoms with E-state index in [9.17, 15) is 14.4 Å². The maximum atomic E-state index is 13.3. The molecule has 3 amide bonds. The molecule has 0 fully saturated rings. The lowest BCUT2D eigenvalue weighted by molar-refractivity contribution is -0.132. The van der Waals surface area contributed by atoms with E-state index < -0.39 is 24.1 Å². The van der Waals surface area contributed by atoms with Crippen molar-refractivity contribution >= 4 is 23.6 Å². The summed E-state index contributed by atoms with van der Waals surface area (Å²) in [6, 6.07) is 23.5. The predicted octanol–water partition coefficient (Wildman–Crippen LogP) is 3.80. The number of likely N-dealkylation sites (N-methyl/N-ethyl adjacent to an activating group) is 1. The summed E-state index contributed by atoms with van der Waals surface area (Å²) in [6.07, 6.45) is -1.80. The molecule has 0 bridgehead atoms. The molecule has 3 aromatic carbocycles. The van der Waals surface area contributed by atoms with Crippen LogP contribution in [0, 0.1) is 0 Å². The predicted molar refractivity (Wildman–Crippen MR) is 125 cm³/mol. The van der Waals surface area contributed by atoms with Crippen molar-refractivity contribution in [3.05, 3.63) is 90.0 Å². The van der Waals surface area contributed by atoms with Crippen molar-refractivity contribution in [2.45, 2.75) is 25.6 Å². The summed E-state index contributed by atoms with van der Waals surface area (Å²) in [5.41, 5.74) is 4.13. The number of carbonyl (C=O) groups is 3. The van der Waals surface area contributed by atoms with Crippen LogP contribution in [0.2, 0.25) is 0 Å². The summed E-state index contributed by atoms with van der Waals surface area (Å²) >= 11 is 0. The summed E-state index contributed by atoms with van der Waals surface area (Å²) in [6.45, 7) is 1.76. The number of anilines is 1. The minimum absolute atomic E-state index is 0.276. The van der Waals surface area contributed by atoms with Crippen LogP contribution >= 0.6 is 0 Å².